The predicted molar refractivity (Wildman–Crippen MR) is 76.1 cm³/mol. The van der Waals surface area contributed by atoms with Crippen LogP contribution in [0.15, 0.2) is 53.0 Å². The lowest BCUT2D eigenvalue weighted by atomic mass is 10.1. The molecule has 0 aliphatic heterocycles. The smallest absolute Gasteiger partial charge is 0.126 e. The third kappa shape index (κ3) is 3.21. The van der Waals surface area contributed by atoms with Crippen LogP contribution in [0, 0.1) is 0 Å². The molecule has 0 amide bonds. The van der Waals surface area contributed by atoms with Gasteiger partial charge in [-0.15, -0.1) is 0 Å². The van der Waals surface area contributed by atoms with Gasteiger partial charge in [0.25, 0.3) is 0 Å². The molecule has 2 heteroatoms. The molecule has 0 atom stereocenters. The van der Waals surface area contributed by atoms with Crippen molar-refractivity contribution >= 4 is 28.1 Å². The molecule has 0 aliphatic rings. The highest BCUT2D eigenvalue weighted by molar-refractivity contribution is 9.10. The van der Waals surface area contributed by atoms with Crippen molar-refractivity contribution in [1.29, 1.82) is 0 Å². The molecule has 2 aromatic carbocycles. The van der Waals surface area contributed by atoms with Gasteiger partial charge in [0.1, 0.15) is 5.75 Å². The summed E-state index contributed by atoms with van der Waals surface area (Å²) in [5.41, 5.74) is 2.25. The van der Waals surface area contributed by atoms with E-state index < -0.39 is 0 Å². The van der Waals surface area contributed by atoms with E-state index in [1.165, 1.54) is 5.56 Å². The monoisotopic (exact) mass is 288 g/mol. The number of hydrogen-bond acceptors (Lipinski definition) is 1. The van der Waals surface area contributed by atoms with Crippen LogP contribution < -0.4 is 4.74 Å². The number of rotatable bonds is 3. The summed E-state index contributed by atoms with van der Waals surface area (Å²) in [5, 5.41) is 0. The Morgan fingerprint density at radius 2 is 1.65 bits per heavy atom. The van der Waals surface area contributed by atoms with Crippen LogP contribution in [0.25, 0.3) is 12.2 Å². The van der Waals surface area contributed by atoms with Crippen molar-refractivity contribution in [2.24, 2.45) is 0 Å². The number of methoxy groups -OCH3 is 1. The van der Waals surface area contributed by atoms with Crippen molar-refractivity contribution in [3.63, 3.8) is 0 Å². The summed E-state index contributed by atoms with van der Waals surface area (Å²) in [6.45, 7) is 0. The number of benzene rings is 2. The number of hydrogen-bond donors (Lipinski definition) is 0. The topological polar surface area (TPSA) is 9.23 Å². The van der Waals surface area contributed by atoms with Crippen molar-refractivity contribution in [1.82, 2.24) is 0 Å². The molecule has 2 aromatic rings. The Morgan fingerprint density at radius 1 is 0.941 bits per heavy atom. The number of ether oxygens (including phenoxy) is 1. The molecule has 0 saturated carbocycles. The summed E-state index contributed by atoms with van der Waals surface area (Å²) in [7, 11) is 1.69. The highest BCUT2D eigenvalue weighted by Gasteiger charge is 1.96. The van der Waals surface area contributed by atoms with Gasteiger partial charge in [-0.1, -0.05) is 58.4 Å². The number of para-hydroxylation sites is 1. The molecule has 17 heavy (non-hydrogen) atoms. The summed E-state index contributed by atoms with van der Waals surface area (Å²) >= 11 is 3.42. The molecule has 0 heterocycles. The average molecular weight is 289 g/mol. The lowest BCUT2D eigenvalue weighted by molar-refractivity contribution is 0.414. The Morgan fingerprint density at radius 3 is 2.35 bits per heavy atom. The van der Waals surface area contributed by atoms with Crippen LogP contribution in [0.1, 0.15) is 11.1 Å². The maximum atomic E-state index is 5.29. The Balaban J connectivity index is 2.22. The standard InChI is InChI=1S/C15H13BrO/c1-17-15-5-3-2-4-13(15)9-6-12-7-10-14(16)11-8-12/h2-11H,1H3/b9-6+. The third-order valence-corrected chi connectivity index (χ3v) is 2.99. The minimum absolute atomic E-state index is 0.890. The van der Waals surface area contributed by atoms with Gasteiger partial charge in [0.2, 0.25) is 0 Å². The first-order valence-corrected chi connectivity index (χ1v) is 6.15. The molecule has 86 valence electrons. The molecule has 0 fully saturated rings. The van der Waals surface area contributed by atoms with Crippen molar-refractivity contribution in [2.45, 2.75) is 0 Å². The molecule has 0 radical (unpaired) electrons. The van der Waals surface area contributed by atoms with E-state index >= 15 is 0 Å². The molecule has 0 aromatic heterocycles. The van der Waals surface area contributed by atoms with Gasteiger partial charge >= 0.3 is 0 Å². The van der Waals surface area contributed by atoms with Crippen LogP contribution in [0.2, 0.25) is 0 Å². The van der Waals surface area contributed by atoms with Crippen molar-refractivity contribution < 1.29 is 4.74 Å². The van der Waals surface area contributed by atoms with Crippen LogP contribution in [-0.4, -0.2) is 7.11 Å². The van der Waals surface area contributed by atoms with E-state index in [-0.39, 0.29) is 0 Å². The van der Waals surface area contributed by atoms with Crippen molar-refractivity contribution in [3.8, 4) is 5.75 Å². The maximum absolute atomic E-state index is 5.29. The zero-order valence-electron chi connectivity index (χ0n) is 9.56. The lowest BCUT2D eigenvalue weighted by Gasteiger charge is -2.03. The quantitative estimate of drug-likeness (QED) is 0.749. The van der Waals surface area contributed by atoms with E-state index in [9.17, 15) is 0 Å². The van der Waals surface area contributed by atoms with Gasteiger partial charge in [0.05, 0.1) is 7.11 Å². The van der Waals surface area contributed by atoms with Crippen LogP contribution >= 0.6 is 15.9 Å². The van der Waals surface area contributed by atoms with E-state index in [1.807, 2.05) is 36.4 Å². The normalized spacial score (nSPS) is 10.7. The summed E-state index contributed by atoms with van der Waals surface area (Å²) < 4.78 is 6.38. The molecule has 0 bridgehead atoms. The Kier molecular flexibility index (Phi) is 3.99. The Labute approximate surface area is 110 Å². The van der Waals surface area contributed by atoms with E-state index in [2.05, 4.69) is 40.2 Å². The molecule has 1 nitrogen and oxygen atoms in total. The van der Waals surface area contributed by atoms with E-state index in [4.69, 9.17) is 4.74 Å². The molecular weight excluding hydrogens is 276 g/mol. The van der Waals surface area contributed by atoms with Crippen LogP contribution in [0.5, 0.6) is 5.75 Å². The Hall–Kier alpha value is -1.54. The van der Waals surface area contributed by atoms with Crippen LogP contribution in [0.4, 0.5) is 0 Å². The lowest BCUT2D eigenvalue weighted by Crippen LogP contribution is -1.85. The fraction of sp³-hybridized carbons (Fsp3) is 0.0667. The molecular formula is C15H13BrO. The van der Waals surface area contributed by atoms with Gasteiger partial charge in [-0.05, 0) is 23.8 Å². The highest BCUT2D eigenvalue weighted by Crippen LogP contribution is 2.20. The van der Waals surface area contributed by atoms with E-state index in [0.29, 0.717) is 0 Å². The molecule has 0 saturated heterocycles. The van der Waals surface area contributed by atoms with Crippen LogP contribution in [-0.2, 0) is 0 Å². The highest BCUT2D eigenvalue weighted by atomic mass is 79.9. The summed E-state index contributed by atoms with van der Waals surface area (Å²) in [6.07, 6.45) is 4.13. The summed E-state index contributed by atoms with van der Waals surface area (Å²) in [5.74, 6) is 0.890. The van der Waals surface area contributed by atoms with Gasteiger partial charge in [-0.2, -0.15) is 0 Å². The average Bonchev–Trinajstić information content (AvgIpc) is 2.38. The molecule has 0 aliphatic carbocycles. The minimum atomic E-state index is 0.890. The fourth-order valence-corrected chi connectivity index (χ4v) is 1.83. The second-order valence-electron chi connectivity index (χ2n) is 3.63. The van der Waals surface area contributed by atoms with E-state index in [0.717, 1.165) is 15.8 Å². The second kappa shape index (κ2) is 5.69. The third-order valence-electron chi connectivity index (χ3n) is 2.46. The molecule has 2 rings (SSSR count). The van der Waals surface area contributed by atoms with Gasteiger partial charge in [-0.25, -0.2) is 0 Å². The SMILES string of the molecule is COc1ccccc1/C=C/c1ccc(Br)cc1. The first-order valence-electron chi connectivity index (χ1n) is 5.36. The zero-order valence-corrected chi connectivity index (χ0v) is 11.1. The fourth-order valence-electron chi connectivity index (χ4n) is 1.56. The van der Waals surface area contributed by atoms with E-state index in [1.54, 1.807) is 7.11 Å². The summed E-state index contributed by atoms with van der Waals surface area (Å²) in [4.78, 5) is 0. The van der Waals surface area contributed by atoms with Gasteiger partial charge in [-0.3, -0.25) is 0 Å². The molecule has 0 spiro atoms. The predicted octanol–water partition coefficient (Wildman–Crippen LogP) is 4.63. The molecule has 0 N–H and O–H groups in total. The zero-order chi connectivity index (χ0) is 12.1. The van der Waals surface area contributed by atoms with Crippen molar-refractivity contribution in [2.75, 3.05) is 7.11 Å². The van der Waals surface area contributed by atoms with Crippen LogP contribution in [0.3, 0.4) is 0 Å². The van der Waals surface area contributed by atoms with Gasteiger partial charge in [0, 0.05) is 10.0 Å². The van der Waals surface area contributed by atoms with Crippen molar-refractivity contribution in [3.05, 3.63) is 64.1 Å². The first-order chi connectivity index (χ1) is 8.29. The van der Waals surface area contributed by atoms with Gasteiger partial charge < -0.3 is 4.74 Å². The maximum Gasteiger partial charge on any atom is 0.126 e. The first kappa shape index (κ1) is 11.9. The number of halogens is 1. The second-order valence-corrected chi connectivity index (χ2v) is 4.54. The Bertz CT molecular complexity index is 515. The summed E-state index contributed by atoms with van der Waals surface area (Å²) in [6, 6.07) is 16.2. The largest absolute Gasteiger partial charge is 0.496 e. The minimum Gasteiger partial charge on any atom is -0.496 e. The van der Waals surface area contributed by atoms with Gasteiger partial charge in [0.15, 0.2) is 0 Å². The molecule has 0 unspecified atom stereocenters.